The molecule has 1 aliphatic rings. The van der Waals surface area contributed by atoms with Gasteiger partial charge in [0.25, 0.3) is 0 Å². The molecule has 4 heteroatoms. The van der Waals surface area contributed by atoms with Crippen molar-refractivity contribution in [3.8, 4) is 11.3 Å². The minimum atomic E-state index is 0.205. The second kappa shape index (κ2) is 6.71. The average Bonchev–Trinajstić information content (AvgIpc) is 3.00. The lowest BCUT2D eigenvalue weighted by atomic mass is 9.94. The third-order valence-electron chi connectivity index (χ3n) is 4.66. The van der Waals surface area contributed by atoms with Crippen LogP contribution in [0.15, 0.2) is 55.3 Å². The number of hydrogen-bond acceptors (Lipinski definition) is 3. The predicted molar refractivity (Wildman–Crippen MR) is 104 cm³/mol. The first-order valence-corrected chi connectivity index (χ1v) is 8.79. The highest BCUT2D eigenvalue weighted by atomic mass is 15.4. The largest absolute Gasteiger partial charge is 0.364 e. The van der Waals surface area contributed by atoms with Crippen molar-refractivity contribution in [1.82, 2.24) is 19.9 Å². The van der Waals surface area contributed by atoms with E-state index in [-0.39, 0.29) is 6.04 Å². The maximum absolute atomic E-state index is 4.54. The van der Waals surface area contributed by atoms with Gasteiger partial charge in [0.15, 0.2) is 0 Å². The molecule has 25 heavy (non-hydrogen) atoms. The SMILES string of the molecule is C=C/C1=C(\C=C)N(C(C)C)Cc2ccccc2-c2nnn(C(C)C)c21. The van der Waals surface area contributed by atoms with Crippen molar-refractivity contribution in [2.24, 2.45) is 0 Å². The van der Waals surface area contributed by atoms with Crippen molar-refractivity contribution in [1.29, 1.82) is 0 Å². The molecule has 0 amide bonds. The fourth-order valence-electron chi connectivity index (χ4n) is 3.41. The lowest BCUT2D eigenvalue weighted by Crippen LogP contribution is -2.31. The molecule has 0 bridgehead atoms. The molecule has 1 aliphatic heterocycles. The molecule has 4 nitrogen and oxygen atoms in total. The lowest BCUT2D eigenvalue weighted by molar-refractivity contribution is 0.286. The standard InChI is InChI=1S/C21H26N4/c1-7-17-19(8-2)24(14(3)4)13-16-11-9-10-12-18(16)20-21(17)25(15(5)6)23-22-20/h7-12,14-15H,1-2,13H2,3-6H3/b19-17-. The van der Waals surface area contributed by atoms with Crippen molar-refractivity contribution in [3.05, 3.63) is 66.5 Å². The number of rotatable bonds is 4. The summed E-state index contributed by atoms with van der Waals surface area (Å²) >= 11 is 0. The normalized spacial score (nSPS) is 17.1. The van der Waals surface area contributed by atoms with Crippen LogP contribution in [0.1, 0.15) is 45.0 Å². The molecule has 0 radical (unpaired) electrons. The number of allylic oxidation sites excluding steroid dienone is 3. The second-order valence-electron chi connectivity index (χ2n) is 6.91. The molecule has 1 aromatic carbocycles. The molecule has 0 unspecified atom stereocenters. The van der Waals surface area contributed by atoms with E-state index in [1.54, 1.807) is 0 Å². The van der Waals surface area contributed by atoms with Gasteiger partial charge in [-0.2, -0.15) is 0 Å². The lowest BCUT2D eigenvalue weighted by Gasteiger charge is -2.34. The number of nitrogens with zero attached hydrogens (tertiary/aromatic N) is 4. The highest BCUT2D eigenvalue weighted by molar-refractivity contribution is 5.85. The Balaban J connectivity index is 2.43. The monoisotopic (exact) mass is 334 g/mol. The van der Waals surface area contributed by atoms with Crippen LogP contribution in [0.25, 0.3) is 16.8 Å². The van der Waals surface area contributed by atoms with E-state index in [4.69, 9.17) is 0 Å². The summed E-state index contributed by atoms with van der Waals surface area (Å²) in [7, 11) is 0. The first-order valence-electron chi connectivity index (χ1n) is 8.79. The van der Waals surface area contributed by atoms with Crippen molar-refractivity contribution in [3.63, 3.8) is 0 Å². The molecule has 0 atom stereocenters. The first kappa shape index (κ1) is 17.2. The molecule has 2 heterocycles. The van der Waals surface area contributed by atoms with Crippen molar-refractivity contribution in [2.45, 2.75) is 46.3 Å². The highest BCUT2D eigenvalue weighted by Gasteiger charge is 2.27. The van der Waals surface area contributed by atoms with Gasteiger partial charge in [-0.15, -0.1) is 5.10 Å². The maximum atomic E-state index is 4.54. The van der Waals surface area contributed by atoms with Gasteiger partial charge in [0.2, 0.25) is 0 Å². The number of hydrogen-bond donors (Lipinski definition) is 0. The quantitative estimate of drug-likeness (QED) is 0.803. The average molecular weight is 334 g/mol. The fourth-order valence-corrected chi connectivity index (χ4v) is 3.41. The number of aromatic nitrogens is 3. The minimum absolute atomic E-state index is 0.205. The van der Waals surface area contributed by atoms with Gasteiger partial charge in [-0.3, -0.25) is 0 Å². The summed E-state index contributed by atoms with van der Waals surface area (Å²) in [6, 6.07) is 8.98. The molecular formula is C21H26N4. The van der Waals surface area contributed by atoms with Gasteiger partial charge in [-0.1, -0.05) is 48.7 Å². The van der Waals surface area contributed by atoms with Crippen LogP contribution in [-0.4, -0.2) is 25.9 Å². The maximum Gasteiger partial charge on any atom is 0.121 e. The van der Waals surface area contributed by atoms with Gasteiger partial charge >= 0.3 is 0 Å². The molecule has 0 aliphatic carbocycles. The summed E-state index contributed by atoms with van der Waals surface area (Å²) in [5.74, 6) is 0. The zero-order chi connectivity index (χ0) is 18.1. The second-order valence-corrected chi connectivity index (χ2v) is 6.91. The molecule has 0 N–H and O–H groups in total. The minimum Gasteiger partial charge on any atom is -0.364 e. The Labute approximate surface area is 150 Å². The van der Waals surface area contributed by atoms with Gasteiger partial charge in [-0.25, -0.2) is 4.68 Å². The Kier molecular flexibility index (Phi) is 4.62. The Morgan fingerprint density at radius 2 is 1.76 bits per heavy atom. The van der Waals surface area contributed by atoms with Crippen LogP contribution in [0.4, 0.5) is 0 Å². The summed E-state index contributed by atoms with van der Waals surface area (Å²) in [5, 5.41) is 8.98. The highest BCUT2D eigenvalue weighted by Crippen LogP contribution is 2.38. The van der Waals surface area contributed by atoms with Crippen LogP contribution in [-0.2, 0) is 6.54 Å². The summed E-state index contributed by atoms with van der Waals surface area (Å²) < 4.78 is 1.98. The smallest absolute Gasteiger partial charge is 0.121 e. The molecule has 2 aromatic rings. The molecule has 0 spiro atoms. The van der Waals surface area contributed by atoms with E-state index in [9.17, 15) is 0 Å². The molecule has 0 saturated heterocycles. The first-order chi connectivity index (χ1) is 12.0. The molecule has 0 fully saturated rings. The van der Waals surface area contributed by atoms with E-state index in [1.807, 2.05) is 16.8 Å². The van der Waals surface area contributed by atoms with Crippen LogP contribution in [0.3, 0.4) is 0 Å². The third-order valence-corrected chi connectivity index (χ3v) is 4.66. The zero-order valence-corrected chi connectivity index (χ0v) is 15.5. The molecular weight excluding hydrogens is 308 g/mol. The number of fused-ring (bicyclic) bond motifs is 3. The Morgan fingerprint density at radius 3 is 2.36 bits per heavy atom. The summed E-state index contributed by atoms with van der Waals surface area (Å²) in [5.41, 5.74) is 6.42. The van der Waals surface area contributed by atoms with E-state index in [1.165, 1.54) is 5.56 Å². The third kappa shape index (κ3) is 2.82. The van der Waals surface area contributed by atoms with Crippen LogP contribution in [0.5, 0.6) is 0 Å². The topological polar surface area (TPSA) is 34.0 Å². The fraction of sp³-hybridized carbons (Fsp3) is 0.333. The van der Waals surface area contributed by atoms with Crippen LogP contribution in [0, 0.1) is 0 Å². The van der Waals surface area contributed by atoms with E-state index in [0.717, 1.165) is 34.8 Å². The van der Waals surface area contributed by atoms with Crippen LogP contribution in [0.2, 0.25) is 0 Å². The van der Waals surface area contributed by atoms with E-state index >= 15 is 0 Å². The molecule has 0 saturated carbocycles. The predicted octanol–water partition coefficient (Wildman–Crippen LogP) is 4.83. The summed E-state index contributed by atoms with van der Waals surface area (Å²) in [4.78, 5) is 2.36. The Bertz CT molecular complexity index is 839. The van der Waals surface area contributed by atoms with E-state index < -0.39 is 0 Å². The molecule has 130 valence electrons. The van der Waals surface area contributed by atoms with E-state index in [0.29, 0.717) is 6.04 Å². The van der Waals surface area contributed by atoms with Crippen LogP contribution >= 0.6 is 0 Å². The Morgan fingerprint density at radius 1 is 1.04 bits per heavy atom. The van der Waals surface area contributed by atoms with Gasteiger partial charge in [0, 0.05) is 35.5 Å². The van der Waals surface area contributed by atoms with E-state index in [2.05, 4.69) is 80.3 Å². The zero-order valence-electron chi connectivity index (χ0n) is 15.5. The molecule has 3 rings (SSSR count). The van der Waals surface area contributed by atoms with Crippen molar-refractivity contribution >= 4 is 5.57 Å². The van der Waals surface area contributed by atoms with Gasteiger partial charge in [-0.05, 0) is 39.3 Å². The summed E-state index contributed by atoms with van der Waals surface area (Å²) in [6.45, 7) is 17.6. The number of benzene rings is 1. The van der Waals surface area contributed by atoms with Gasteiger partial charge in [0.05, 0.1) is 5.69 Å². The van der Waals surface area contributed by atoms with Gasteiger partial charge in [0.1, 0.15) is 5.69 Å². The molecule has 1 aromatic heterocycles. The van der Waals surface area contributed by atoms with Crippen molar-refractivity contribution in [2.75, 3.05) is 0 Å². The summed E-state index contributed by atoms with van der Waals surface area (Å²) in [6.07, 6.45) is 3.83. The van der Waals surface area contributed by atoms with Crippen LogP contribution < -0.4 is 0 Å². The van der Waals surface area contributed by atoms with Gasteiger partial charge < -0.3 is 4.90 Å². The Hall–Kier alpha value is -2.62. The van der Waals surface area contributed by atoms with Crippen molar-refractivity contribution < 1.29 is 0 Å².